The van der Waals surface area contributed by atoms with E-state index in [-0.39, 0.29) is 5.78 Å². The fourth-order valence-electron chi connectivity index (χ4n) is 0.968. The molecule has 1 nitrogen and oxygen atoms in total. The molecule has 66 valence electrons. The average molecular weight is 273 g/mol. The number of halogens is 1. The Morgan fingerprint density at radius 2 is 2.23 bits per heavy atom. The van der Waals surface area contributed by atoms with Crippen molar-refractivity contribution in [2.75, 3.05) is 0 Å². The van der Waals surface area contributed by atoms with Gasteiger partial charge in [0, 0.05) is 20.8 Å². The number of carbonyl (C=O) groups is 1. The van der Waals surface area contributed by atoms with E-state index < -0.39 is 0 Å². The lowest BCUT2D eigenvalue weighted by Crippen LogP contribution is -1.94. The Labute approximate surface area is 92.2 Å². The molecular weight excluding hydrogens is 268 g/mol. The monoisotopic (exact) mass is 272 g/mol. The van der Waals surface area contributed by atoms with Crippen molar-refractivity contribution in [1.82, 2.24) is 0 Å². The summed E-state index contributed by atoms with van der Waals surface area (Å²) in [6.07, 6.45) is 0. The normalized spacial score (nSPS) is 10.2. The molecule has 0 unspecified atom stereocenters. The van der Waals surface area contributed by atoms with Crippen LogP contribution in [0.4, 0.5) is 0 Å². The highest BCUT2D eigenvalue weighted by molar-refractivity contribution is 9.10. The molecular formula is C9H5BrOS2. The van der Waals surface area contributed by atoms with Crippen molar-refractivity contribution in [3.05, 3.63) is 43.2 Å². The summed E-state index contributed by atoms with van der Waals surface area (Å²) >= 11 is 6.33. The lowest BCUT2D eigenvalue weighted by Gasteiger charge is -1.90. The van der Waals surface area contributed by atoms with Gasteiger partial charge >= 0.3 is 0 Å². The molecule has 0 N–H and O–H groups in total. The zero-order chi connectivity index (χ0) is 9.26. The molecule has 0 aliphatic rings. The summed E-state index contributed by atoms with van der Waals surface area (Å²) in [6.45, 7) is 0. The maximum absolute atomic E-state index is 11.7. The summed E-state index contributed by atoms with van der Waals surface area (Å²) in [6, 6.07) is 3.70. The smallest absolute Gasteiger partial charge is 0.203 e. The Bertz CT molecular complexity index is 417. The van der Waals surface area contributed by atoms with Gasteiger partial charge in [0.1, 0.15) is 0 Å². The van der Waals surface area contributed by atoms with Gasteiger partial charge in [0.05, 0.1) is 4.88 Å². The first-order valence-electron chi connectivity index (χ1n) is 3.58. The number of thiophene rings is 2. The maximum Gasteiger partial charge on any atom is 0.203 e. The molecule has 0 aliphatic heterocycles. The highest BCUT2D eigenvalue weighted by Crippen LogP contribution is 2.23. The molecule has 0 aliphatic carbocycles. The van der Waals surface area contributed by atoms with E-state index in [1.807, 2.05) is 28.3 Å². The maximum atomic E-state index is 11.7. The number of hydrogen-bond donors (Lipinski definition) is 0. The Kier molecular flexibility index (Phi) is 2.62. The van der Waals surface area contributed by atoms with E-state index in [0.29, 0.717) is 0 Å². The lowest BCUT2D eigenvalue weighted by atomic mass is 10.2. The number of rotatable bonds is 2. The van der Waals surface area contributed by atoms with Gasteiger partial charge in [-0.15, -0.1) is 11.3 Å². The van der Waals surface area contributed by atoms with Gasteiger partial charge in [-0.25, -0.2) is 0 Å². The van der Waals surface area contributed by atoms with Gasteiger partial charge in [-0.2, -0.15) is 11.3 Å². The minimum atomic E-state index is 0.108. The van der Waals surface area contributed by atoms with E-state index in [2.05, 4.69) is 15.9 Å². The van der Waals surface area contributed by atoms with Crippen LogP contribution >= 0.6 is 38.6 Å². The second-order valence-corrected chi connectivity index (χ2v) is 5.08. The molecule has 2 aromatic rings. The first-order valence-corrected chi connectivity index (χ1v) is 6.20. The summed E-state index contributed by atoms with van der Waals surface area (Å²) in [5, 5.41) is 5.70. The van der Waals surface area contributed by atoms with Crippen molar-refractivity contribution in [2.24, 2.45) is 0 Å². The predicted molar refractivity (Wildman–Crippen MR) is 59.8 cm³/mol. The van der Waals surface area contributed by atoms with Crippen LogP contribution in [0.2, 0.25) is 0 Å². The first kappa shape index (κ1) is 9.12. The summed E-state index contributed by atoms with van der Waals surface area (Å²) in [7, 11) is 0. The average Bonchev–Trinajstić information content (AvgIpc) is 2.72. The molecule has 0 bridgehead atoms. The Morgan fingerprint density at radius 3 is 2.77 bits per heavy atom. The van der Waals surface area contributed by atoms with Crippen LogP contribution in [0.3, 0.4) is 0 Å². The molecule has 13 heavy (non-hydrogen) atoms. The third-order valence-corrected chi connectivity index (χ3v) is 3.95. The molecule has 0 atom stereocenters. The fourth-order valence-corrected chi connectivity index (χ4v) is 2.99. The van der Waals surface area contributed by atoms with Crippen molar-refractivity contribution in [3.63, 3.8) is 0 Å². The molecule has 4 heteroatoms. The molecule has 2 heterocycles. The number of ketones is 1. The standard InChI is InChI=1S/C9H5BrOS2/c10-7-3-8(13-5-7)9(11)6-1-2-12-4-6/h1-5H. The van der Waals surface area contributed by atoms with Crippen LogP contribution in [0.15, 0.2) is 32.7 Å². The van der Waals surface area contributed by atoms with E-state index in [1.165, 1.54) is 11.3 Å². The Balaban J connectivity index is 2.33. The van der Waals surface area contributed by atoms with Crippen LogP contribution in [0.5, 0.6) is 0 Å². The molecule has 0 saturated heterocycles. The van der Waals surface area contributed by atoms with Crippen molar-refractivity contribution in [2.45, 2.75) is 0 Å². The summed E-state index contributed by atoms with van der Waals surface area (Å²) in [5.41, 5.74) is 0.777. The highest BCUT2D eigenvalue weighted by Gasteiger charge is 2.10. The first-order chi connectivity index (χ1) is 6.27. The van der Waals surface area contributed by atoms with Crippen molar-refractivity contribution >= 4 is 44.4 Å². The van der Waals surface area contributed by atoms with Gasteiger partial charge in [0.25, 0.3) is 0 Å². The van der Waals surface area contributed by atoms with E-state index in [4.69, 9.17) is 0 Å². The minimum Gasteiger partial charge on any atom is -0.288 e. The van der Waals surface area contributed by atoms with Crippen molar-refractivity contribution in [3.8, 4) is 0 Å². The van der Waals surface area contributed by atoms with Gasteiger partial charge in [-0.1, -0.05) is 0 Å². The summed E-state index contributed by atoms with van der Waals surface area (Å²) in [5.74, 6) is 0.108. The largest absolute Gasteiger partial charge is 0.288 e. The third-order valence-electron chi connectivity index (χ3n) is 1.57. The van der Waals surface area contributed by atoms with Crippen LogP contribution in [0, 0.1) is 0 Å². The predicted octanol–water partition coefficient (Wildman–Crippen LogP) is 3.80. The Morgan fingerprint density at radius 1 is 1.38 bits per heavy atom. The SMILES string of the molecule is O=C(c1ccsc1)c1cc(Br)cs1. The Hall–Kier alpha value is -0.450. The highest BCUT2D eigenvalue weighted by atomic mass is 79.9. The molecule has 0 radical (unpaired) electrons. The minimum absolute atomic E-state index is 0.108. The van der Waals surface area contributed by atoms with Gasteiger partial charge in [0.15, 0.2) is 0 Å². The molecule has 0 fully saturated rings. The summed E-state index contributed by atoms with van der Waals surface area (Å²) in [4.78, 5) is 12.5. The fraction of sp³-hybridized carbons (Fsp3) is 0. The van der Waals surface area contributed by atoms with E-state index in [1.54, 1.807) is 11.3 Å². The number of carbonyl (C=O) groups excluding carboxylic acids is 1. The van der Waals surface area contributed by atoms with E-state index >= 15 is 0 Å². The van der Waals surface area contributed by atoms with Crippen LogP contribution < -0.4 is 0 Å². The van der Waals surface area contributed by atoms with Gasteiger partial charge in [-0.3, -0.25) is 4.79 Å². The van der Waals surface area contributed by atoms with Crippen LogP contribution in [0.1, 0.15) is 15.2 Å². The van der Waals surface area contributed by atoms with Crippen molar-refractivity contribution in [1.29, 1.82) is 0 Å². The summed E-state index contributed by atoms with van der Waals surface area (Å²) < 4.78 is 0.969. The molecule has 0 amide bonds. The zero-order valence-corrected chi connectivity index (χ0v) is 9.71. The molecule has 0 saturated carbocycles. The second-order valence-electron chi connectivity index (χ2n) is 2.47. The van der Waals surface area contributed by atoms with Gasteiger partial charge < -0.3 is 0 Å². The molecule has 2 rings (SSSR count). The molecule has 0 aromatic carbocycles. The van der Waals surface area contributed by atoms with Crippen LogP contribution in [-0.2, 0) is 0 Å². The van der Waals surface area contributed by atoms with E-state index in [9.17, 15) is 4.79 Å². The van der Waals surface area contributed by atoms with E-state index in [0.717, 1.165) is 14.9 Å². The van der Waals surface area contributed by atoms with Gasteiger partial charge in [0.2, 0.25) is 5.78 Å². The second kappa shape index (κ2) is 3.74. The number of hydrogen-bond acceptors (Lipinski definition) is 3. The molecule has 0 spiro atoms. The lowest BCUT2D eigenvalue weighted by molar-refractivity contribution is 0.104. The van der Waals surface area contributed by atoms with Crippen LogP contribution in [-0.4, -0.2) is 5.78 Å². The van der Waals surface area contributed by atoms with Crippen LogP contribution in [0.25, 0.3) is 0 Å². The topological polar surface area (TPSA) is 17.1 Å². The quantitative estimate of drug-likeness (QED) is 0.760. The van der Waals surface area contributed by atoms with Gasteiger partial charge in [-0.05, 0) is 33.4 Å². The zero-order valence-electron chi connectivity index (χ0n) is 6.49. The van der Waals surface area contributed by atoms with Crippen molar-refractivity contribution < 1.29 is 4.79 Å². The third kappa shape index (κ3) is 1.90. The molecule has 2 aromatic heterocycles.